The summed E-state index contributed by atoms with van der Waals surface area (Å²) in [5, 5.41) is 11.4. The summed E-state index contributed by atoms with van der Waals surface area (Å²) in [5.41, 5.74) is 2.73. The van der Waals surface area contributed by atoms with Crippen LogP contribution in [0.4, 0.5) is 10.1 Å². The van der Waals surface area contributed by atoms with Crippen LogP contribution >= 0.6 is 0 Å². The van der Waals surface area contributed by atoms with Crippen molar-refractivity contribution < 1.29 is 23.8 Å². The Morgan fingerprint density at radius 1 is 1.23 bits per heavy atom. The molecule has 2 aromatic rings. The molecule has 2 N–H and O–H groups in total. The van der Waals surface area contributed by atoms with Crippen molar-refractivity contribution in [2.75, 3.05) is 5.32 Å². The van der Waals surface area contributed by atoms with Gasteiger partial charge in [-0.15, -0.1) is 0 Å². The van der Waals surface area contributed by atoms with Crippen LogP contribution in [-0.2, 0) is 14.3 Å². The second-order valence-electron chi connectivity index (χ2n) is 5.82. The minimum atomic E-state index is -1.02. The molecule has 26 heavy (non-hydrogen) atoms. The molecule has 4 rings (SSSR count). The zero-order valence-corrected chi connectivity index (χ0v) is 13.4. The Hall–Kier alpha value is -3.59. The lowest BCUT2D eigenvalue weighted by molar-refractivity contribution is -0.135. The first-order valence-electron chi connectivity index (χ1n) is 7.86. The van der Waals surface area contributed by atoms with Crippen LogP contribution in [0.25, 0.3) is 11.3 Å². The molecule has 1 amide bonds. The lowest BCUT2D eigenvalue weighted by atomic mass is 9.99. The molecule has 0 saturated carbocycles. The summed E-state index contributed by atoms with van der Waals surface area (Å²) >= 11 is 0. The summed E-state index contributed by atoms with van der Waals surface area (Å²) in [4.78, 5) is 23.1. The van der Waals surface area contributed by atoms with Gasteiger partial charge in [0.1, 0.15) is 18.0 Å². The number of ether oxygens (including phenoxy) is 1. The van der Waals surface area contributed by atoms with Crippen molar-refractivity contribution in [3.63, 3.8) is 0 Å². The van der Waals surface area contributed by atoms with E-state index in [0.717, 1.165) is 5.56 Å². The standard InChI is InChI=1S/C20H12FNO4/c21-11-8-9-14-15(10-11)22-20(25)18(14)19-13-5-2-1-4-12(13)16(26-19)6-3-7-17(23)24/h1-2,4-5,8-10,16H,7H2,(H,22,25)(H,23,24)/b19-18+. The van der Waals surface area contributed by atoms with Crippen LogP contribution in [0.1, 0.15) is 29.2 Å². The zero-order chi connectivity index (χ0) is 18.3. The highest BCUT2D eigenvalue weighted by Gasteiger charge is 2.35. The number of carbonyl (C=O) groups excluding carboxylic acids is 1. The molecule has 0 saturated heterocycles. The second kappa shape index (κ2) is 6.05. The second-order valence-corrected chi connectivity index (χ2v) is 5.82. The average Bonchev–Trinajstić information content (AvgIpc) is 3.11. The molecule has 0 radical (unpaired) electrons. The molecule has 2 aliphatic rings. The summed E-state index contributed by atoms with van der Waals surface area (Å²) in [6.45, 7) is 0. The van der Waals surface area contributed by atoms with Gasteiger partial charge in [0, 0.05) is 16.7 Å². The highest BCUT2D eigenvalue weighted by atomic mass is 19.1. The van der Waals surface area contributed by atoms with Gasteiger partial charge in [0.2, 0.25) is 0 Å². The molecule has 1 atom stereocenters. The maximum Gasteiger partial charge on any atom is 0.315 e. The molecule has 2 aliphatic heterocycles. The van der Waals surface area contributed by atoms with Crippen LogP contribution in [0.3, 0.4) is 0 Å². The highest BCUT2D eigenvalue weighted by Crippen LogP contribution is 2.45. The van der Waals surface area contributed by atoms with E-state index < -0.39 is 17.9 Å². The van der Waals surface area contributed by atoms with Gasteiger partial charge in [-0.25, -0.2) is 4.39 Å². The fourth-order valence-electron chi connectivity index (χ4n) is 3.07. The first-order valence-corrected chi connectivity index (χ1v) is 7.86. The number of carboxylic acids is 1. The van der Waals surface area contributed by atoms with Gasteiger partial charge in [0.15, 0.2) is 6.10 Å². The first kappa shape index (κ1) is 15.9. The third-order valence-electron chi connectivity index (χ3n) is 4.15. The molecule has 1 unspecified atom stereocenters. The van der Waals surface area contributed by atoms with Crippen molar-refractivity contribution in [1.82, 2.24) is 0 Å². The minimum absolute atomic E-state index is 0.295. The Balaban J connectivity index is 1.83. The molecule has 0 bridgehead atoms. The number of rotatable bonds is 1. The SMILES string of the molecule is O=C(O)CC#CC1O/C(=C2/C(=O)Nc3cc(F)ccc32)c2ccccc21. The number of aliphatic carboxylic acids is 1. The van der Waals surface area contributed by atoms with E-state index in [4.69, 9.17) is 9.84 Å². The van der Waals surface area contributed by atoms with E-state index >= 15 is 0 Å². The van der Waals surface area contributed by atoms with Gasteiger partial charge >= 0.3 is 5.97 Å². The van der Waals surface area contributed by atoms with E-state index in [0.29, 0.717) is 28.1 Å². The normalized spacial score (nSPS) is 19.7. The molecule has 0 aromatic heterocycles. The number of carboxylic acid groups (broad SMARTS) is 1. The van der Waals surface area contributed by atoms with E-state index in [-0.39, 0.29) is 12.3 Å². The lowest BCUT2D eigenvalue weighted by Crippen LogP contribution is -2.06. The molecule has 6 heteroatoms. The number of carbonyl (C=O) groups is 2. The van der Waals surface area contributed by atoms with E-state index in [1.54, 1.807) is 0 Å². The Labute approximate surface area is 148 Å². The predicted octanol–water partition coefficient (Wildman–Crippen LogP) is 3.20. The van der Waals surface area contributed by atoms with E-state index in [1.165, 1.54) is 18.2 Å². The molecule has 0 fully saturated rings. The van der Waals surface area contributed by atoms with Gasteiger partial charge in [0.05, 0.1) is 11.3 Å². The molecule has 0 spiro atoms. The molecule has 0 aliphatic carbocycles. The Kier molecular flexibility index (Phi) is 3.70. The summed E-state index contributed by atoms with van der Waals surface area (Å²) in [6, 6.07) is 11.3. The van der Waals surface area contributed by atoms with Crippen molar-refractivity contribution >= 4 is 28.9 Å². The molecule has 5 nitrogen and oxygen atoms in total. The van der Waals surface area contributed by atoms with Crippen molar-refractivity contribution in [2.45, 2.75) is 12.5 Å². The van der Waals surface area contributed by atoms with E-state index in [9.17, 15) is 14.0 Å². The summed E-state index contributed by atoms with van der Waals surface area (Å²) in [5.74, 6) is 3.88. The van der Waals surface area contributed by atoms with Gasteiger partial charge in [-0.3, -0.25) is 9.59 Å². The third-order valence-corrected chi connectivity index (χ3v) is 4.15. The predicted molar refractivity (Wildman–Crippen MR) is 92.1 cm³/mol. The number of nitrogens with one attached hydrogen (secondary N) is 1. The number of halogens is 1. The monoisotopic (exact) mass is 349 g/mol. The Morgan fingerprint density at radius 3 is 2.85 bits per heavy atom. The summed E-state index contributed by atoms with van der Waals surface area (Å²) in [6.07, 6.45) is -0.957. The Morgan fingerprint density at radius 2 is 2.04 bits per heavy atom. The fourth-order valence-corrected chi connectivity index (χ4v) is 3.07. The molecular formula is C20H12FNO4. The molecular weight excluding hydrogens is 337 g/mol. The molecule has 128 valence electrons. The largest absolute Gasteiger partial charge is 0.481 e. The number of anilines is 1. The van der Waals surface area contributed by atoms with Crippen molar-refractivity contribution in [3.8, 4) is 11.8 Å². The van der Waals surface area contributed by atoms with Crippen molar-refractivity contribution in [3.05, 3.63) is 65.0 Å². The quantitative estimate of drug-likeness (QED) is 0.612. The van der Waals surface area contributed by atoms with Crippen LogP contribution in [-0.4, -0.2) is 17.0 Å². The summed E-state index contributed by atoms with van der Waals surface area (Å²) < 4.78 is 19.3. The topological polar surface area (TPSA) is 75.6 Å². The number of benzene rings is 2. The molecule has 2 aromatic carbocycles. The van der Waals surface area contributed by atoms with Crippen LogP contribution in [0.5, 0.6) is 0 Å². The van der Waals surface area contributed by atoms with Gasteiger partial charge in [-0.2, -0.15) is 0 Å². The van der Waals surface area contributed by atoms with E-state index in [2.05, 4.69) is 17.2 Å². The van der Waals surface area contributed by atoms with Crippen LogP contribution in [0.2, 0.25) is 0 Å². The third kappa shape index (κ3) is 2.60. The van der Waals surface area contributed by atoms with Gasteiger partial charge in [0.25, 0.3) is 5.91 Å². The van der Waals surface area contributed by atoms with Crippen molar-refractivity contribution in [1.29, 1.82) is 0 Å². The summed E-state index contributed by atoms with van der Waals surface area (Å²) in [7, 11) is 0. The van der Waals surface area contributed by atoms with Crippen LogP contribution in [0.15, 0.2) is 42.5 Å². The number of hydrogen-bond acceptors (Lipinski definition) is 3. The van der Waals surface area contributed by atoms with Crippen LogP contribution in [0, 0.1) is 17.7 Å². The first-order chi connectivity index (χ1) is 12.5. The lowest BCUT2D eigenvalue weighted by Gasteiger charge is -2.07. The fraction of sp³-hybridized carbons (Fsp3) is 0.100. The van der Waals surface area contributed by atoms with Crippen LogP contribution < -0.4 is 5.32 Å². The van der Waals surface area contributed by atoms with Crippen molar-refractivity contribution in [2.24, 2.45) is 0 Å². The van der Waals surface area contributed by atoms with Gasteiger partial charge in [-0.1, -0.05) is 36.1 Å². The highest BCUT2D eigenvalue weighted by molar-refractivity contribution is 6.36. The smallest absolute Gasteiger partial charge is 0.315 e. The Bertz CT molecular complexity index is 1050. The average molecular weight is 349 g/mol. The maximum atomic E-state index is 13.4. The van der Waals surface area contributed by atoms with E-state index in [1.807, 2.05) is 24.3 Å². The molecule has 2 heterocycles. The number of fused-ring (bicyclic) bond motifs is 2. The maximum absolute atomic E-state index is 13.4. The zero-order valence-electron chi connectivity index (χ0n) is 13.4. The number of hydrogen-bond donors (Lipinski definition) is 2. The number of amides is 1. The minimum Gasteiger partial charge on any atom is -0.481 e. The van der Waals surface area contributed by atoms with Gasteiger partial charge in [-0.05, 0) is 18.2 Å². The van der Waals surface area contributed by atoms with Gasteiger partial charge < -0.3 is 15.2 Å².